The number of alkyl halides is 2. The van der Waals surface area contributed by atoms with Crippen LogP contribution in [0.3, 0.4) is 0 Å². The molecule has 3 N–H and O–H groups in total. The second-order valence-electron chi connectivity index (χ2n) is 6.10. The second-order valence-corrected chi connectivity index (χ2v) is 6.10. The van der Waals surface area contributed by atoms with Gasteiger partial charge in [0.25, 0.3) is 6.43 Å². The molecule has 11 heteroatoms. The van der Waals surface area contributed by atoms with Crippen molar-refractivity contribution < 1.29 is 19.0 Å². The zero-order valence-corrected chi connectivity index (χ0v) is 15.3. The minimum absolute atomic E-state index is 0. The molecule has 0 radical (unpaired) electrons. The molecule has 0 fully saturated rings. The van der Waals surface area contributed by atoms with Crippen molar-refractivity contribution in [1.82, 2.24) is 19.7 Å². The molecule has 0 spiro atoms. The number of nitrogens with one attached hydrogen (secondary N) is 3. The van der Waals surface area contributed by atoms with Gasteiger partial charge in [0.2, 0.25) is 5.95 Å². The summed E-state index contributed by atoms with van der Waals surface area (Å²) in [5.74, 6) is -0.808. The Labute approximate surface area is 164 Å². The van der Waals surface area contributed by atoms with Gasteiger partial charge in [-0.05, 0) is 25.1 Å². The highest BCUT2D eigenvalue weighted by Gasteiger charge is 2.12. The van der Waals surface area contributed by atoms with Gasteiger partial charge >= 0.3 is 0 Å². The van der Waals surface area contributed by atoms with Gasteiger partial charge < -0.3 is 16.0 Å². The summed E-state index contributed by atoms with van der Waals surface area (Å²) in [6.07, 6.45) is 1.25. The van der Waals surface area contributed by atoms with Crippen LogP contribution in [0.2, 0.25) is 0 Å². The Morgan fingerprint density at radius 3 is 2.83 bits per heavy atom. The molecule has 7 nitrogen and oxygen atoms in total. The fourth-order valence-corrected chi connectivity index (χ4v) is 2.55. The molecule has 0 saturated carbocycles. The average molecular weight is 409 g/mol. The SMILES string of the molecule is Cc1nn(CC(F)F)cc1Nc1ncc(C=N)c(NCc2cc(F)ccc2F)n1.[HH]. The molecule has 1 aromatic carbocycles. The maximum absolute atomic E-state index is 13.8. The maximum Gasteiger partial charge on any atom is 0.257 e. The van der Waals surface area contributed by atoms with Crippen molar-refractivity contribution in [2.45, 2.75) is 26.4 Å². The van der Waals surface area contributed by atoms with Crippen LogP contribution < -0.4 is 10.6 Å². The van der Waals surface area contributed by atoms with Crippen molar-refractivity contribution in [3.05, 3.63) is 59.0 Å². The van der Waals surface area contributed by atoms with Gasteiger partial charge in [-0.25, -0.2) is 22.5 Å². The van der Waals surface area contributed by atoms with Gasteiger partial charge in [0.15, 0.2) is 0 Å². The van der Waals surface area contributed by atoms with Gasteiger partial charge in [-0.1, -0.05) is 0 Å². The molecule has 29 heavy (non-hydrogen) atoms. The van der Waals surface area contributed by atoms with E-state index in [0.717, 1.165) is 29.1 Å². The predicted molar refractivity (Wildman–Crippen MR) is 102 cm³/mol. The average Bonchev–Trinajstić information content (AvgIpc) is 3.00. The molecular formula is C18H19F4N7. The molecular weight excluding hydrogens is 390 g/mol. The molecule has 0 aliphatic rings. The first kappa shape index (κ1) is 20.2. The summed E-state index contributed by atoms with van der Waals surface area (Å²) in [6, 6.07) is 3.11. The Balaban J connectivity index is 0.00000320. The van der Waals surface area contributed by atoms with Crippen LogP contribution in [-0.2, 0) is 13.1 Å². The lowest BCUT2D eigenvalue weighted by Gasteiger charge is -2.11. The lowest BCUT2D eigenvalue weighted by Crippen LogP contribution is -2.09. The van der Waals surface area contributed by atoms with Gasteiger partial charge in [0, 0.05) is 32.1 Å². The first-order valence-corrected chi connectivity index (χ1v) is 8.50. The molecule has 0 aliphatic heterocycles. The van der Waals surface area contributed by atoms with Crippen LogP contribution >= 0.6 is 0 Å². The first-order chi connectivity index (χ1) is 13.9. The van der Waals surface area contributed by atoms with E-state index in [0.29, 0.717) is 16.9 Å². The van der Waals surface area contributed by atoms with Crippen molar-refractivity contribution in [2.75, 3.05) is 10.6 Å². The van der Waals surface area contributed by atoms with Gasteiger partial charge in [0.1, 0.15) is 24.0 Å². The van der Waals surface area contributed by atoms with E-state index in [-0.39, 0.29) is 25.3 Å². The summed E-state index contributed by atoms with van der Waals surface area (Å²) in [5.41, 5.74) is 1.34. The highest BCUT2D eigenvalue weighted by Crippen LogP contribution is 2.20. The third-order valence-electron chi connectivity index (χ3n) is 3.94. The van der Waals surface area contributed by atoms with Crippen LogP contribution in [0.25, 0.3) is 0 Å². The van der Waals surface area contributed by atoms with E-state index in [9.17, 15) is 17.6 Å². The summed E-state index contributed by atoms with van der Waals surface area (Å²) in [7, 11) is 0. The number of hydrogen-bond acceptors (Lipinski definition) is 6. The molecule has 2 heterocycles. The third-order valence-corrected chi connectivity index (χ3v) is 3.94. The molecule has 154 valence electrons. The van der Waals surface area contributed by atoms with Gasteiger partial charge in [-0.15, -0.1) is 0 Å². The number of nitrogens with zero attached hydrogens (tertiary/aromatic N) is 4. The fourth-order valence-electron chi connectivity index (χ4n) is 2.55. The Morgan fingerprint density at radius 2 is 2.10 bits per heavy atom. The number of anilines is 3. The molecule has 0 atom stereocenters. The minimum Gasteiger partial charge on any atom is -0.365 e. The second kappa shape index (κ2) is 8.67. The molecule has 0 saturated heterocycles. The number of aromatic nitrogens is 4. The van der Waals surface area contributed by atoms with Crippen LogP contribution in [-0.4, -0.2) is 32.4 Å². The summed E-state index contributed by atoms with van der Waals surface area (Å²) in [5, 5.41) is 17.2. The first-order valence-electron chi connectivity index (χ1n) is 8.50. The van der Waals surface area contributed by atoms with Crippen LogP contribution in [0.5, 0.6) is 0 Å². The van der Waals surface area contributed by atoms with Crippen LogP contribution in [0, 0.1) is 24.0 Å². The highest BCUT2D eigenvalue weighted by molar-refractivity contribution is 5.84. The largest absolute Gasteiger partial charge is 0.365 e. The third kappa shape index (κ3) is 5.06. The smallest absolute Gasteiger partial charge is 0.257 e. The van der Waals surface area contributed by atoms with E-state index in [1.54, 1.807) is 6.92 Å². The molecule has 3 aromatic rings. The van der Waals surface area contributed by atoms with Crippen molar-refractivity contribution >= 4 is 23.7 Å². The zero-order valence-electron chi connectivity index (χ0n) is 15.3. The summed E-state index contributed by atoms with van der Waals surface area (Å²) >= 11 is 0. The molecule has 2 aromatic heterocycles. The highest BCUT2D eigenvalue weighted by atomic mass is 19.3. The molecule has 0 aliphatic carbocycles. The van der Waals surface area contributed by atoms with Crippen LogP contribution in [0.4, 0.5) is 35.0 Å². The lowest BCUT2D eigenvalue weighted by atomic mass is 10.2. The summed E-state index contributed by atoms with van der Waals surface area (Å²) in [6.45, 7) is 1.04. The lowest BCUT2D eigenvalue weighted by molar-refractivity contribution is 0.121. The number of hydrogen-bond donors (Lipinski definition) is 3. The predicted octanol–water partition coefficient (Wildman–Crippen LogP) is 4.12. The standard InChI is InChI=1S/C18H17F4N7.H2/c1-10-15(8-29(28-10)9-16(21)22)26-18-25-7-12(5-23)17(27-18)24-6-11-4-13(19)2-3-14(11)20;/h2-5,7-8,16,23H,6,9H2,1H3,(H2,24,25,26,27);1H. The van der Waals surface area contributed by atoms with Crippen LogP contribution in [0.1, 0.15) is 18.2 Å². The Morgan fingerprint density at radius 1 is 1.31 bits per heavy atom. The fraction of sp³-hybridized carbons (Fsp3) is 0.222. The monoisotopic (exact) mass is 409 g/mol. The molecule has 3 rings (SSSR count). The van der Waals surface area contributed by atoms with Gasteiger partial charge in [0.05, 0.1) is 16.9 Å². The summed E-state index contributed by atoms with van der Waals surface area (Å²) in [4.78, 5) is 8.30. The van der Waals surface area contributed by atoms with E-state index < -0.39 is 24.6 Å². The van der Waals surface area contributed by atoms with Crippen molar-refractivity contribution in [2.24, 2.45) is 0 Å². The van der Waals surface area contributed by atoms with Crippen molar-refractivity contribution in [1.29, 1.82) is 5.41 Å². The minimum atomic E-state index is -2.54. The van der Waals surface area contributed by atoms with Crippen molar-refractivity contribution in [3.63, 3.8) is 0 Å². The van der Waals surface area contributed by atoms with Crippen molar-refractivity contribution in [3.8, 4) is 0 Å². The Bertz CT molecular complexity index is 1030. The van der Waals surface area contributed by atoms with E-state index in [1.165, 1.54) is 12.4 Å². The van der Waals surface area contributed by atoms with E-state index >= 15 is 0 Å². The van der Waals surface area contributed by atoms with Gasteiger partial charge in [-0.2, -0.15) is 10.1 Å². The number of aryl methyl sites for hydroxylation is 1. The van der Waals surface area contributed by atoms with E-state index in [4.69, 9.17) is 5.41 Å². The molecule has 0 bridgehead atoms. The Kier molecular flexibility index (Phi) is 6.05. The zero-order chi connectivity index (χ0) is 21.0. The number of rotatable bonds is 8. The van der Waals surface area contributed by atoms with Crippen LogP contribution in [0.15, 0.2) is 30.6 Å². The quantitative estimate of drug-likeness (QED) is 0.385. The number of benzene rings is 1. The van der Waals surface area contributed by atoms with E-state index in [2.05, 4.69) is 25.7 Å². The number of halogens is 4. The molecule has 0 unspecified atom stereocenters. The Hall–Kier alpha value is -3.50. The topological polar surface area (TPSA) is 91.5 Å². The normalized spacial score (nSPS) is 11.0. The van der Waals surface area contributed by atoms with E-state index in [1.807, 2.05) is 0 Å². The van der Waals surface area contributed by atoms with Gasteiger partial charge in [-0.3, -0.25) is 4.68 Å². The summed E-state index contributed by atoms with van der Waals surface area (Å²) < 4.78 is 53.3. The molecule has 0 amide bonds. The maximum atomic E-state index is 13.8.